The molecule has 0 aromatic carbocycles. The van der Waals surface area contributed by atoms with E-state index in [1.807, 2.05) is 6.92 Å². The summed E-state index contributed by atoms with van der Waals surface area (Å²) < 4.78 is 6.43. The molecule has 0 spiro atoms. The molecule has 1 N–H and O–H groups in total. The van der Waals surface area contributed by atoms with E-state index < -0.39 is 0 Å². The van der Waals surface area contributed by atoms with Crippen molar-refractivity contribution in [1.82, 2.24) is 14.4 Å². The van der Waals surface area contributed by atoms with E-state index in [1.165, 1.54) is 11.5 Å². The number of aromatic nitrogens is 3. The van der Waals surface area contributed by atoms with Gasteiger partial charge in [-0.25, -0.2) is 4.40 Å². The van der Waals surface area contributed by atoms with Crippen LogP contribution in [-0.4, -0.2) is 26.6 Å². The maximum absolute atomic E-state index is 12.4. The predicted molar refractivity (Wildman–Crippen MR) is 70.8 cm³/mol. The van der Waals surface area contributed by atoms with Crippen LogP contribution in [0.2, 0.25) is 0 Å². The number of unbranched alkanes of at least 4 members (excludes halogenated alkanes) is 1. The zero-order valence-corrected chi connectivity index (χ0v) is 11.3. The molecule has 0 unspecified atom stereocenters. The van der Waals surface area contributed by atoms with E-state index in [9.17, 15) is 9.90 Å². The fourth-order valence-electron chi connectivity index (χ4n) is 1.98. The molecule has 0 amide bonds. The molecule has 0 aliphatic rings. The lowest BCUT2D eigenvalue weighted by molar-refractivity contribution is 0.396. The Morgan fingerprint density at radius 3 is 2.79 bits per heavy atom. The smallest absolute Gasteiger partial charge is 0.266 e. The van der Waals surface area contributed by atoms with Gasteiger partial charge in [0.25, 0.3) is 5.56 Å². The van der Waals surface area contributed by atoms with Crippen LogP contribution in [0.3, 0.4) is 0 Å². The Morgan fingerprint density at radius 1 is 1.42 bits per heavy atom. The Morgan fingerprint density at radius 2 is 2.16 bits per heavy atom. The number of methoxy groups -OCH3 is 1. The summed E-state index contributed by atoms with van der Waals surface area (Å²) in [4.78, 5) is 20.4. The number of fused-ring (bicyclic) bond motifs is 1. The van der Waals surface area contributed by atoms with Gasteiger partial charge in [-0.05, 0) is 19.8 Å². The van der Waals surface area contributed by atoms with E-state index in [0.29, 0.717) is 23.6 Å². The normalized spacial score (nSPS) is 10.9. The van der Waals surface area contributed by atoms with Crippen LogP contribution in [0.15, 0.2) is 10.9 Å². The minimum Gasteiger partial charge on any atom is -0.493 e. The molecule has 0 aliphatic carbocycles. The first-order chi connectivity index (χ1) is 9.08. The molecule has 0 aliphatic heterocycles. The standard InChI is InChI=1S/C13H17N3O3/c1-4-5-6-9-11(17)15-13-14-10(19-3)7-8(2)16(13)12(9)18/h7,17H,4-6H2,1-3H3. The summed E-state index contributed by atoms with van der Waals surface area (Å²) >= 11 is 0. The number of aryl methyl sites for hydroxylation is 1. The fraction of sp³-hybridized carbons (Fsp3) is 0.462. The molecule has 0 atom stereocenters. The number of aromatic hydroxyl groups is 1. The van der Waals surface area contributed by atoms with Crippen LogP contribution in [-0.2, 0) is 6.42 Å². The molecule has 2 heterocycles. The first kappa shape index (κ1) is 13.3. The van der Waals surface area contributed by atoms with Gasteiger partial charge < -0.3 is 9.84 Å². The van der Waals surface area contributed by atoms with Crippen molar-refractivity contribution in [2.24, 2.45) is 0 Å². The highest BCUT2D eigenvalue weighted by molar-refractivity contribution is 5.40. The lowest BCUT2D eigenvalue weighted by atomic mass is 10.1. The maximum Gasteiger partial charge on any atom is 0.266 e. The molecule has 2 rings (SSSR count). The van der Waals surface area contributed by atoms with Crippen LogP contribution in [0, 0.1) is 6.92 Å². The average molecular weight is 263 g/mol. The van der Waals surface area contributed by atoms with Crippen molar-refractivity contribution >= 4 is 5.78 Å². The molecule has 2 aromatic heterocycles. The molecule has 19 heavy (non-hydrogen) atoms. The Labute approximate surface area is 110 Å². The summed E-state index contributed by atoms with van der Waals surface area (Å²) in [7, 11) is 1.49. The highest BCUT2D eigenvalue weighted by atomic mass is 16.5. The molecule has 6 nitrogen and oxygen atoms in total. The minimum atomic E-state index is -0.261. The second kappa shape index (κ2) is 5.26. The third kappa shape index (κ3) is 2.38. The monoisotopic (exact) mass is 263 g/mol. The number of hydrogen-bond acceptors (Lipinski definition) is 5. The summed E-state index contributed by atoms with van der Waals surface area (Å²) in [5, 5.41) is 9.87. The topological polar surface area (TPSA) is 76.7 Å². The van der Waals surface area contributed by atoms with Crippen molar-refractivity contribution in [1.29, 1.82) is 0 Å². The van der Waals surface area contributed by atoms with Crippen molar-refractivity contribution in [3.8, 4) is 11.8 Å². The van der Waals surface area contributed by atoms with Crippen LogP contribution >= 0.6 is 0 Å². The zero-order valence-electron chi connectivity index (χ0n) is 11.3. The van der Waals surface area contributed by atoms with Crippen molar-refractivity contribution in [3.63, 3.8) is 0 Å². The molecule has 0 radical (unpaired) electrons. The Balaban J connectivity index is 2.70. The van der Waals surface area contributed by atoms with E-state index in [0.717, 1.165) is 12.8 Å². The lowest BCUT2D eigenvalue weighted by Gasteiger charge is -2.09. The Hall–Kier alpha value is -2.11. The summed E-state index contributed by atoms with van der Waals surface area (Å²) in [5.41, 5.74) is 0.759. The van der Waals surface area contributed by atoms with Gasteiger partial charge in [0, 0.05) is 11.8 Å². The third-order valence-corrected chi connectivity index (χ3v) is 3.02. The van der Waals surface area contributed by atoms with Gasteiger partial charge in [0.2, 0.25) is 17.5 Å². The molecular formula is C13H17N3O3. The second-order valence-corrected chi connectivity index (χ2v) is 4.40. The van der Waals surface area contributed by atoms with Crippen LogP contribution < -0.4 is 10.3 Å². The molecule has 6 heteroatoms. The van der Waals surface area contributed by atoms with Crippen LogP contribution in [0.25, 0.3) is 5.78 Å². The highest BCUT2D eigenvalue weighted by Crippen LogP contribution is 2.16. The van der Waals surface area contributed by atoms with Gasteiger partial charge in [-0.2, -0.15) is 9.97 Å². The number of rotatable bonds is 4. The minimum absolute atomic E-state index is 0.152. The zero-order chi connectivity index (χ0) is 14.0. The molecule has 2 aromatic rings. The Bertz CT molecular complexity index is 664. The van der Waals surface area contributed by atoms with Crippen molar-refractivity contribution in [3.05, 3.63) is 27.7 Å². The van der Waals surface area contributed by atoms with Crippen molar-refractivity contribution < 1.29 is 9.84 Å². The van der Waals surface area contributed by atoms with Gasteiger partial charge in [-0.3, -0.25) is 4.79 Å². The molecule has 102 valence electrons. The summed E-state index contributed by atoms with van der Waals surface area (Å²) in [6, 6.07) is 1.66. The second-order valence-electron chi connectivity index (χ2n) is 4.40. The SMILES string of the molecule is CCCCc1c(O)nc2nc(OC)cc(C)n2c1=O. The van der Waals surface area contributed by atoms with E-state index in [2.05, 4.69) is 9.97 Å². The molecular weight excluding hydrogens is 246 g/mol. The fourth-order valence-corrected chi connectivity index (χ4v) is 1.98. The molecule has 0 saturated heterocycles. The maximum atomic E-state index is 12.4. The Kier molecular flexibility index (Phi) is 3.69. The van der Waals surface area contributed by atoms with E-state index >= 15 is 0 Å². The number of nitrogens with zero attached hydrogens (tertiary/aromatic N) is 3. The van der Waals surface area contributed by atoms with E-state index in [-0.39, 0.29) is 17.2 Å². The first-order valence-corrected chi connectivity index (χ1v) is 6.24. The van der Waals surface area contributed by atoms with Crippen LogP contribution in [0.1, 0.15) is 31.0 Å². The molecule has 0 fully saturated rings. The quantitative estimate of drug-likeness (QED) is 0.903. The third-order valence-electron chi connectivity index (χ3n) is 3.02. The summed E-state index contributed by atoms with van der Waals surface area (Å²) in [5.74, 6) is 0.281. The first-order valence-electron chi connectivity index (χ1n) is 6.24. The summed E-state index contributed by atoms with van der Waals surface area (Å²) in [6.07, 6.45) is 2.29. The van der Waals surface area contributed by atoms with Crippen LogP contribution in [0.4, 0.5) is 0 Å². The predicted octanol–water partition coefficient (Wildman–Crippen LogP) is 1.45. The number of ether oxygens (including phenoxy) is 1. The van der Waals surface area contributed by atoms with E-state index in [4.69, 9.17) is 4.74 Å². The number of hydrogen-bond donors (Lipinski definition) is 1. The average Bonchev–Trinajstić information content (AvgIpc) is 2.37. The molecule has 0 bridgehead atoms. The van der Waals surface area contributed by atoms with Crippen molar-refractivity contribution in [2.45, 2.75) is 33.1 Å². The van der Waals surface area contributed by atoms with Crippen LogP contribution in [0.5, 0.6) is 11.8 Å². The highest BCUT2D eigenvalue weighted by Gasteiger charge is 2.14. The summed E-state index contributed by atoms with van der Waals surface area (Å²) in [6.45, 7) is 3.81. The van der Waals surface area contributed by atoms with Crippen molar-refractivity contribution in [2.75, 3.05) is 7.11 Å². The van der Waals surface area contributed by atoms with Gasteiger partial charge in [0.1, 0.15) is 0 Å². The van der Waals surface area contributed by atoms with Gasteiger partial charge in [0.05, 0.1) is 12.7 Å². The largest absolute Gasteiger partial charge is 0.493 e. The molecule has 0 saturated carbocycles. The van der Waals surface area contributed by atoms with Gasteiger partial charge in [0.15, 0.2) is 0 Å². The van der Waals surface area contributed by atoms with E-state index in [1.54, 1.807) is 13.0 Å². The van der Waals surface area contributed by atoms with Gasteiger partial charge in [-0.1, -0.05) is 13.3 Å². The lowest BCUT2D eigenvalue weighted by Crippen LogP contribution is -2.22. The van der Waals surface area contributed by atoms with Gasteiger partial charge >= 0.3 is 0 Å². The van der Waals surface area contributed by atoms with Gasteiger partial charge in [-0.15, -0.1) is 0 Å².